The fraction of sp³-hybridized carbons (Fsp3) is 0.394. The zero-order valence-electron chi connectivity index (χ0n) is 24.9. The van der Waals surface area contributed by atoms with Gasteiger partial charge in [-0.05, 0) is 74.6 Å². The molecule has 1 atom stereocenters. The van der Waals surface area contributed by atoms with E-state index >= 15 is 0 Å². The Labute approximate surface area is 249 Å². The Bertz CT molecular complexity index is 1480. The van der Waals surface area contributed by atoms with Crippen LogP contribution in [0.15, 0.2) is 77.7 Å². The Hall–Kier alpha value is -3.85. The number of aryl methyl sites for hydroxylation is 2. The molecule has 8 nitrogen and oxygen atoms in total. The Morgan fingerprint density at radius 2 is 1.69 bits per heavy atom. The minimum Gasteiger partial charge on any atom is -0.497 e. The van der Waals surface area contributed by atoms with Gasteiger partial charge in [-0.15, -0.1) is 0 Å². The van der Waals surface area contributed by atoms with Crippen LogP contribution >= 0.6 is 0 Å². The maximum absolute atomic E-state index is 14.2. The second-order valence-electron chi connectivity index (χ2n) is 10.8. The summed E-state index contributed by atoms with van der Waals surface area (Å²) < 4.78 is 34.8. The largest absolute Gasteiger partial charge is 0.497 e. The van der Waals surface area contributed by atoms with Crippen molar-refractivity contribution in [3.8, 4) is 5.75 Å². The molecule has 3 aromatic carbocycles. The van der Waals surface area contributed by atoms with Crippen LogP contribution in [0, 0.1) is 6.92 Å². The van der Waals surface area contributed by atoms with Gasteiger partial charge in [0.1, 0.15) is 18.3 Å². The molecule has 42 heavy (non-hydrogen) atoms. The molecule has 1 saturated carbocycles. The first kappa shape index (κ1) is 31.1. The van der Waals surface area contributed by atoms with Crippen LogP contribution in [-0.2, 0) is 32.6 Å². The Balaban J connectivity index is 1.72. The van der Waals surface area contributed by atoms with E-state index in [2.05, 4.69) is 5.32 Å². The van der Waals surface area contributed by atoms with Crippen molar-refractivity contribution < 1.29 is 22.7 Å². The number of hydrogen-bond donors (Lipinski definition) is 1. The molecular formula is C33H41N3O5S. The summed E-state index contributed by atoms with van der Waals surface area (Å²) in [6.07, 6.45) is 4.54. The summed E-state index contributed by atoms with van der Waals surface area (Å²) in [6.45, 7) is 5.18. The maximum atomic E-state index is 14.2. The molecule has 2 amide bonds. The molecule has 0 aliphatic heterocycles. The number of anilines is 1. The second kappa shape index (κ2) is 13.9. The highest BCUT2D eigenvalue weighted by molar-refractivity contribution is 7.92. The Morgan fingerprint density at radius 3 is 2.36 bits per heavy atom. The maximum Gasteiger partial charge on any atom is 0.264 e. The Morgan fingerprint density at radius 1 is 1.00 bits per heavy atom. The fourth-order valence-corrected chi connectivity index (χ4v) is 6.80. The van der Waals surface area contributed by atoms with Gasteiger partial charge in [-0.25, -0.2) is 8.42 Å². The first-order chi connectivity index (χ1) is 20.1. The molecule has 1 aliphatic rings. The highest BCUT2D eigenvalue weighted by Crippen LogP contribution is 2.29. The number of rotatable bonds is 12. The predicted octanol–water partition coefficient (Wildman–Crippen LogP) is 5.24. The second-order valence-corrected chi connectivity index (χ2v) is 12.7. The number of hydrogen-bond acceptors (Lipinski definition) is 5. The molecule has 1 N–H and O–H groups in total. The SMILES string of the molecule is CCc1ccccc1N(CC(=O)N(Cc1cccc(OC)c1)[C@@H](C)C(=O)NC1CCCC1)S(=O)(=O)c1ccc(C)cc1. The van der Waals surface area contributed by atoms with E-state index in [-0.39, 0.29) is 23.4 Å². The molecule has 0 unspecified atom stereocenters. The number of carbonyl (C=O) groups is 2. The van der Waals surface area contributed by atoms with Gasteiger partial charge in [-0.2, -0.15) is 0 Å². The van der Waals surface area contributed by atoms with Gasteiger partial charge in [0.2, 0.25) is 11.8 Å². The molecule has 224 valence electrons. The van der Waals surface area contributed by atoms with E-state index in [1.165, 1.54) is 9.21 Å². The fourth-order valence-electron chi connectivity index (χ4n) is 5.35. The summed E-state index contributed by atoms with van der Waals surface area (Å²) in [5.74, 6) is -0.100. The lowest BCUT2D eigenvalue weighted by molar-refractivity contribution is -0.139. The van der Waals surface area contributed by atoms with E-state index in [1.807, 2.05) is 50.2 Å². The molecule has 0 aromatic heterocycles. The third-order valence-corrected chi connectivity index (χ3v) is 9.66. The minimum absolute atomic E-state index is 0.0866. The van der Waals surface area contributed by atoms with Crippen molar-refractivity contribution in [2.45, 2.75) is 76.4 Å². The van der Waals surface area contributed by atoms with Gasteiger partial charge >= 0.3 is 0 Å². The van der Waals surface area contributed by atoms with Crippen LogP contribution in [0.2, 0.25) is 0 Å². The van der Waals surface area contributed by atoms with E-state index < -0.39 is 28.5 Å². The number of nitrogens with one attached hydrogen (secondary N) is 1. The van der Waals surface area contributed by atoms with Gasteiger partial charge in [-0.1, -0.05) is 67.8 Å². The number of carbonyl (C=O) groups excluding carboxylic acids is 2. The number of para-hydroxylation sites is 1. The molecule has 0 bridgehead atoms. The molecule has 4 rings (SSSR count). The summed E-state index contributed by atoms with van der Waals surface area (Å²) >= 11 is 0. The van der Waals surface area contributed by atoms with Crippen molar-refractivity contribution >= 4 is 27.5 Å². The van der Waals surface area contributed by atoms with Crippen LogP contribution in [0.5, 0.6) is 5.75 Å². The monoisotopic (exact) mass is 591 g/mol. The number of nitrogens with zero attached hydrogens (tertiary/aromatic N) is 2. The first-order valence-electron chi connectivity index (χ1n) is 14.5. The number of methoxy groups -OCH3 is 1. The third kappa shape index (κ3) is 7.31. The normalized spacial score (nSPS) is 14.3. The van der Waals surface area contributed by atoms with E-state index in [0.717, 1.165) is 42.4 Å². The van der Waals surface area contributed by atoms with E-state index in [4.69, 9.17) is 4.74 Å². The van der Waals surface area contributed by atoms with E-state index in [0.29, 0.717) is 17.9 Å². The zero-order valence-corrected chi connectivity index (χ0v) is 25.7. The van der Waals surface area contributed by atoms with Gasteiger partial charge < -0.3 is 15.0 Å². The lowest BCUT2D eigenvalue weighted by atomic mass is 10.1. The van der Waals surface area contributed by atoms with Crippen molar-refractivity contribution in [1.82, 2.24) is 10.2 Å². The standard InChI is InChI=1S/C33H41N3O5S/c1-5-27-12-6-9-16-31(27)36(42(39,40)30-19-17-24(2)18-20-30)23-32(37)35(22-26-11-10-15-29(21-26)41-4)25(3)33(38)34-28-13-7-8-14-28/h6,9-12,15-21,25,28H,5,7-8,13-14,22-23H2,1-4H3,(H,34,38)/t25-/m0/s1. The van der Waals surface area contributed by atoms with Gasteiger partial charge in [-0.3, -0.25) is 13.9 Å². The molecule has 1 aliphatic carbocycles. The number of sulfonamides is 1. The molecule has 3 aromatic rings. The van der Waals surface area contributed by atoms with E-state index in [1.54, 1.807) is 50.4 Å². The summed E-state index contributed by atoms with van der Waals surface area (Å²) in [5, 5.41) is 3.10. The topological polar surface area (TPSA) is 96.0 Å². The van der Waals surface area contributed by atoms with Gasteiger partial charge in [0.15, 0.2) is 0 Å². The zero-order chi connectivity index (χ0) is 30.3. The third-order valence-electron chi connectivity index (χ3n) is 7.88. The number of ether oxygens (including phenoxy) is 1. The van der Waals surface area contributed by atoms with Crippen molar-refractivity contribution in [3.63, 3.8) is 0 Å². The molecular weight excluding hydrogens is 550 g/mol. The quantitative estimate of drug-likeness (QED) is 0.311. The van der Waals surface area contributed by atoms with Crippen LogP contribution < -0.4 is 14.4 Å². The highest BCUT2D eigenvalue weighted by atomic mass is 32.2. The van der Waals surface area contributed by atoms with Crippen molar-refractivity contribution in [3.05, 3.63) is 89.5 Å². The van der Waals surface area contributed by atoms with Crippen LogP contribution in [0.1, 0.15) is 56.2 Å². The molecule has 1 fully saturated rings. The number of benzene rings is 3. The molecule has 0 spiro atoms. The lowest BCUT2D eigenvalue weighted by Crippen LogP contribution is -2.52. The van der Waals surface area contributed by atoms with E-state index in [9.17, 15) is 18.0 Å². The van der Waals surface area contributed by atoms with Crippen LogP contribution in [0.4, 0.5) is 5.69 Å². The summed E-state index contributed by atoms with van der Waals surface area (Å²) in [4.78, 5) is 29.2. The molecule has 0 radical (unpaired) electrons. The van der Waals surface area contributed by atoms with Crippen molar-refractivity contribution in [2.75, 3.05) is 18.0 Å². The lowest BCUT2D eigenvalue weighted by Gasteiger charge is -2.33. The van der Waals surface area contributed by atoms with Gasteiger partial charge in [0, 0.05) is 12.6 Å². The molecule has 9 heteroatoms. The average Bonchev–Trinajstić information content (AvgIpc) is 3.51. The van der Waals surface area contributed by atoms with Crippen molar-refractivity contribution in [1.29, 1.82) is 0 Å². The first-order valence-corrected chi connectivity index (χ1v) is 16.0. The average molecular weight is 592 g/mol. The van der Waals surface area contributed by atoms with Gasteiger partial charge in [0.25, 0.3) is 10.0 Å². The number of amides is 2. The molecule has 0 heterocycles. The summed E-state index contributed by atoms with van der Waals surface area (Å²) in [7, 11) is -2.55. The summed E-state index contributed by atoms with van der Waals surface area (Å²) in [6, 6.07) is 20.4. The minimum atomic E-state index is -4.11. The van der Waals surface area contributed by atoms with Crippen LogP contribution in [-0.4, -0.2) is 50.9 Å². The van der Waals surface area contributed by atoms with Crippen molar-refractivity contribution in [2.24, 2.45) is 0 Å². The predicted molar refractivity (Wildman–Crippen MR) is 165 cm³/mol. The van der Waals surface area contributed by atoms with Crippen LogP contribution in [0.3, 0.4) is 0 Å². The smallest absolute Gasteiger partial charge is 0.264 e. The Kier molecular flexibility index (Phi) is 10.3. The van der Waals surface area contributed by atoms with Crippen LogP contribution in [0.25, 0.3) is 0 Å². The molecule has 0 saturated heterocycles. The summed E-state index contributed by atoms with van der Waals surface area (Å²) in [5.41, 5.74) is 2.94. The van der Waals surface area contributed by atoms with Gasteiger partial charge in [0.05, 0.1) is 17.7 Å². The highest BCUT2D eigenvalue weighted by Gasteiger charge is 2.34.